The average Bonchev–Trinajstić information content (AvgIpc) is 2.57. The van der Waals surface area contributed by atoms with Gasteiger partial charge in [-0.15, -0.1) is 0 Å². The predicted molar refractivity (Wildman–Crippen MR) is 70.3 cm³/mol. The minimum atomic E-state index is -0.906. The molecule has 1 amide bonds. The smallest absolute Gasteiger partial charge is 0.307 e. The molecule has 0 spiro atoms. The number of likely N-dealkylation sites (N-methyl/N-ethyl adjacent to an activating group) is 2. The van der Waals surface area contributed by atoms with Crippen molar-refractivity contribution in [2.75, 3.05) is 20.6 Å². The molecular formula is C13H15N3O3. The number of para-hydroxylation sites is 1. The Labute approximate surface area is 111 Å². The summed E-state index contributed by atoms with van der Waals surface area (Å²) in [5.41, 5.74) is 1.21. The van der Waals surface area contributed by atoms with Crippen LogP contribution >= 0.6 is 0 Å². The number of amides is 1. The summed E-state index contributed by atoms with van der Waals surface area (Å²) >= 11 is 0. The summed E-state index contributed by atoms with van der Waals surface area (Å²) in [5, 5.41) is 8.87. The van der Waals surface area contributed by atoms with Crippen molar-refractivity contribution in [2.24, 2.45) is 4.99 Å². The number of carbonyl (C=O) groups excluding carboxylic acids is 1. The van der Waals surface area contributed by atoms with Crippen LogP contribution < -0.4 is 0 Å². The van der Waals surface area contributed by atoms with Crippen molar-refractivity contribution in [3.63, 3.8) is 0 Å². The molecule has 100 valence electrons. The molecule has 1 aromatic rings. The van der Waals surface area contributed by atoms with Crippen LogP contribution in [0.1, 0.15) is 5.56 Å². The number of hydrogen-bond acceptors (Lipinski definition) is 3. The van der Waals surface area contributed by atoms with Crippen molar-refractivity contribution in [2.45, 2.75) is 6.42 Å². The molecule has 19 heavy (non-hydrogen) atoms. The highest BCUT2D eigenvalue weighted by Gasteiger charge is 2.28. The van der Waals surface area contributed by atoms with Crippen molar-refractivity contribution in [1.82, 2.24) is 9.80 Å². The van der Waals surface area contributed by atoms with Crippen molar-refractivity contribution >= 4 is 23.5 Å². The minimum absolute atomic E-state index is 0.0306. The molecule has 0 aromatic heterocycles. The molecular weight excluding hydrogens is 246 g/mol. The van der Waals surface area contributed by atoms with Gasteiger partial charge in [0.05, 0.1) is 18.7 Å². The van der Waals surface area contributed by atoms with Gasteiger partial charge in [-0.2, -0.15) is 0 Å². The zero-order valence-electron chi connectivity index (χ0n) is 10.8. The highest BCUT2D eigenvalue weighted by atomic mass is 16.4. The number of aliphatic carboxylic acids is 1. The zero-order valence-corrected chi connectivity index (χ0v) is 10.8. The highest BCUT2D eigenvalue weighted by Crippen LogP contribution is 2.21. The number of hydrogen-bond donors (Lipinski definition) is 1. The molecule has 0 aliphatic carbocycles. The first-order valence-electron chi connectivity index (χ1n) is 5.85. The Bertz CT molecular complexity index is 554. The van der Waals surface area contributed by atoms with Crippen LogP contribution in [0.15, 0.2) is 29.3 Å². The lowest BCUT2D eigenvalue weighted by Crippen LogP contribution is -2.29. The number of carboxylic acid groups (broad SMARTS) is 1. The van der Waals surface area contributed by atoms with Gasteiger partial charge in [0.15, 0.2) is 0 Å². The summed E-state index contributed by atoms with van der Waals surface area (Å²) in [4.78, 5) is 30.0. The molecule has 1 aliphatic rings. The number of carbonyl (C=O) groups is 2. The standard InChI is InChI=1S/C13H15N3O3/c1-15-8-11(17)16(2)13(15)14-10-6-4-3-5-9(10)7-12(18)19/h3-6H,7-8H2,1-2H3,(H,18,19). The Hall–Kier alpha value is -2.37. The molecule has 1 aliphatic heterocycles. The Kier molecular flexibility index (Phi) is 3.50. The molecule has 0 unspecified atom stereocenters. The van der Waals surface area contributed by atoms with Crippen LogP contribution in [0.4, 0.5) is 5.69 Å². The van der Waals surface area contributed by atoms with E-state index in [2.05, 4.69) is 4.99 Å². The second kappa shape index (κ2) is 5.09. The molecule has 0 bridgehead atoms. The van der Waals surface area contributed by atoms with E-state index in [-0.39, 0.29) is 18.9 Å². The maximum Gasteiger partial charge on any atom is 0.307 e. The van der Waals surface area contributed by atoms with Gasteiger partial charge >= 0.3 is 5.97 Å². The fourth-order valence-corrected chi connectivity index (χ4v) is 1.95. The van der Waals surface area contributed by atoms with Crippen LogP contribution in [0, 0.1) is 0 Å². The van der Waals surface area contributed by atoms with E-state index >= 15 is 0 Å². The van der Waals surface area contributed by atoms with Gasteiger partial charge in [-0.05, 0) is 11.6 Å². The quantitative estimate of drug-likeness (QED) is 0.869. The lowest BCUT2D eigenvalue weighted by Gasteiger charge is -2.14. The average molecular weight is 261 g/mol. The monoisotopic (exact) mass is 261 g/mol. The summed E-state index contributed by atoms with van der Waals surface area (Å²) in [6, 6.07) is 7.04. The van der Waals surface area contributed by atoms with E-state index in [0.29, 0.717) is 17.2 Å². The summed E-state index contributed by atoms with van der Waals surface area (Å²) in [7, 11) is 3.44. The topological polar surface area (TPSA) is 73.2 Å². The Morgan fingerprint density at radius 2 is 2.05 bits per heavy atom. The van der Waals surface area contributed by atoms with E-state index in [1.807, 2.05) is 0 Å². The SMILES string of the molecule is CN1CC(=O)N(C)C1=Nc1ccccc1CC(=O)O. The summed E-state index contributed by atoms with van der Waals surface area (Å²) in [5.74, 6) is -0.406. The fourth-order valence-electron chi connectivity index (χ4n) is 1.95. The maximum atomic E-state index is 11.6. The molecule has 6 heteroatoms. The van der Waals surface area contributed by atoms with Crippen molar-refractivity contribution in [1.29, 1.82) is 0 Å². The van der Waals surface area contributed by atoms with Gasteiger partial charge in [0.1, 0.15) is 0 Å². The summed E-state index contributed by atoms with van der Waals surface area (Å²) < 4.78 is 0. The molecule has 1 saturated heterocycles. The van der Waals surface area contributed by atoms with Gasteiger partial charge in [-0.1, -0.05) is 18.2 Å². The van der Waals surface area contributed by atoms with Gasteiger partial charge in [0, 0.05) is 14.1 Å². The molecule has 0 atom stereocenters. The second-order valence-corrected chi connectivity index (χ2v) is 4.42. The third kappa shape index (κ3) is 2.73. The number of carboxylic acids is 1. The molecule has 1 fully saturated rings. The number of guanidine groups is 1. The Morgan fingerprint density at radius 3 is 2.63 bits per heavy atom. The van der Waals surface area contributed by atoms with Crippen LogP contribution in [0.3, 0.4) is 0 Å². The Balaban J connectivity index is 2.37. The summed E-state index contributed by atoms with van der Waals surface area (Å²) in [6.45, 7) is 0.288. The van der Waals surface area contributed by atoms with Crippen LogP contribution in [0.5, 0.6) is 0 Å². The molecule has 6 nitrogen and oxygen atoms in total. The minimum Gasteiger partial charge on any atom is -0.481 e. The molecule has 1 aromatic carbocycles. The third-order valence-corrected chi connectivity index (χ3v) is 2.94. The number of rotatable bonds is 3. The fraction of sp³-hybridized carbons (Fsp3) is 0.308. The lowest BCUT2D eigenvalue weighted by molar-refractivity contribution is -0.136. The van der Waals surface area contributed by atoms with Crippen LogP contribution in [0.2, 0.25) is 0 Å². The first-order chi connectivity index (χ1) is 8.99. The van der Waals surface area contributed by atoms with Crippen LogP contribution in [-0.4, -0.2) is 53.4 Å². The van der Waals surface area contributed by atoms with Crippen molar-refractivity contribution in [3.05, 3.63) is 29.8 Å². The molecule has 1 N–H and O–H groups in total. The van der Waals surface area contributed by atoms with Gasteiger partial charge in [0.25, 0.3) is 0 Å². The second-order valence-electron chi connectivity index (χ2n) is 4.42. The number of aliphatic imine (C=N–C) groups is 1. The van der Waals surface area contributed by atoms with Crippen LogP contribution in [-0.2, 0) is 16.0 Å². The zero-order chi connectivity index (χ0) is 14.0. The molecule has 2 rings (SSSR count). The van der Waals surface area contributed by atoms with Crippen LogP contribution in [0.25, 0.3) is 0 Å². The van der Waals surface area contributed by atoms with E-state index in [4.69, 9.17) is 5.11 Å². The van der Waals surface area contributed by atoms with E-state index < -0.39 is 5.97 Å². The lowest BCUT2D eigenvalue weighted by atomic mass is 10.1. The van der Waals surface area contributed by atoms with E-state index in [1.54, 1.807) is 43.3 Å². The van der Waals surface area contributed by atoms with Crippen molar-refractivity contribution in [3.8, 4) is 0 Å². The van der Waals surface area contributed by atoms with Gasteiger partial charge in [0.2, 0.25) is 11.9 Å². The van der Waals surface area contributed by atoms with E-state index in [0.717, 1.165) is 0 Å². The van der Waals surface area contributed by atoms with Gasteiger partial charge < -0.3 is 10.0 Å². The maximum absolute atomic E-state index is 11.6. The molecule has 0 saturated carbocycles. The van der Waals surface area contributed by atoms with E-state index in [9.17, 15) is 9.59 Å². The molecule has 1 heterocycles. The van der Waals surface area contributed by atoms with Gasteiger partial charge in [-0.25, -0.2) is 4.99 Å². The Morgan fingerprint density at radius 1 is 1.37 bits per heavy atom. The molecule has 0 radical (unpaired) electrons. The van der Waals surface area contributed by atoms with Crippen molar-refractivity contribution < 1.29 is 14.7 Å². The normalized spacial score (nSPS) is 17.4. The predicted octanol–water partition coefficient (Wildman–Crippen LogP) is 0.705. The summed E-state index contributed by atoms with van der Waals surface area (Å²) in [6.07, 6.45) is -0.0890. The first-order valence-corrected chi connectivity index (χ1v) is 5.85. The van der Waals surface area contributed by atoms with Gasteiger partial charge in [-0.3, -0.25) is 14.5 Å². The first kappa shape index (κ1) is 13.1. The van der Waals surface area contributed by atoms with E-state index in [1.165, 1.54) is 4.90 Å². The largest absolute Gasteiger partial charge is 0.481 e. The third-order valence-electron chi connectivity index (χ3n) is 2.94. The highest BCUT2D eigenvalue weighted by molar-refractivity contribution is 6.04. The number of benzene rings is 1. The number of nitrogens with zero attached hydrogens (tertiary/aromatic N) is 3.